The number of nitrogens with zero attached hydrogens (tertiary/aromatic N) is 1. The minimum Gasteiger partial charge on any atom is -0.480 e. The number of carboxylic acids is 1. The van der Waals surface area contributed by atoms with Gasteiger partial charge in [-0.25, -0.2) is 0 Å². The average molecular weight is 230 g/mol. The van der Waals surface area contributed by atoms with Gasteiger partial charge in [0.1, 0.15) is 5.41 Å². The summed E-state index contributed by atoms with van der Waals surface area (Å²) in [5.74, 6) is -1.61. The average Bonchev–Trinajstić information content (AvgIpc) is 3.10. The molecule has 1 saturated carbocycles. The number of carboxylic acid groups (broad SMARTS) is 1. The van der Waals surface area contributed by atoms with E-state index in [1.165, 1.54) is 6.07 Å². The standard InChI is InChI=1S/C12H10N2O3/c13-7-8-2-1-3-9(6-8)14-10(15)12(4-5-12)11(16)17/h1-3,6H,4-5H2,(H,14,15)(H,16,17). The number of aliphatic carboxylic acids is 1. The van der Waals surface area contributed by atoms with Gasteiger partial charge in [0.15, 0.2) is 0 Å². The topological polar surface area (TPSA) is 90.2 Å². The molecule has 1 aliphatic carbocycles. The van der Waals surface area contributed by atoms with Gasteiger partial charge in [-0.15, -0.1) is 0 Å². The van der Waals surface area contributed by atoms with Crippen LogP contribution in [0.5, 0.6) is 0 Å². The molecule has 0 aliphatic heterocycles. The molecule has 2 N–H and O–H groups in total. The van der Waals surface area contributed by atoms with Crippen LogP contribution < -0.4 is 5.32 Å². The molecule has 1 aromatic rings. The Kier molecular flexibility index (Phi) is 2.56. The molecule has 2 rings (SSSR count). The predicted molar refractivity (Wildman–Crippen MR) is 59.1 cm³/mol. The quantitative estimate of drug-likeness (QED) is 0.767. The number of benzene rings is 1. The lowest BCUT2D eigenvalue weighted by atomic mass is 10.1. The number of amides is 1. The molecule has 1 fully saturated rings. The van der Waals surface area contributed by atoms with Crippen LogP contribution in [0.25, 0.3) is 0 Å². The first-order valence-corrected chi connectivity index (χ1v) is 5.13. The Morgan fingerprint density at radius 3 is 2.65 bits per heavy atom. The molecule has 0 saturated heterocycles. The highest BCUT2D eigenvalue weighted by Gasteiger charge is 2.57. The SMILES string of the molecule is N#Cc1cccc(NC(=O)C2(C(=O)O)CC2)c1. The lowest BCUT2D eigenvalue weighted by Crippen LogP contribution is -2.31. The fraction of sp³-hybridized carbons (Fsp3) is 0.250. The summed E-state index contributed by atoms with van der Waals surface area (Å²) in [5.41, 5.74) is -0.396. The largest absolute Gasteiger partial charge is 0.480 e. The van der Waals surface area contributed by atoms with E-state index in [1.807, 2.05) is 6.07 Å². The Balaban J connectivity index is 2.14. The Morgan fingerprint density at radius 1 is 1.41 bits per heavy atom. The van der Waals surface area contributed by atoms with Crippen molar-refractivity contribution in [1.82, 2.24) is 0 Å². The van der Waals surface area contributed by atoms with E-state index in [1.54, 1.807) is 18.2 Å². The van der Waals surface area contributed by atoms with Gasteiger partial charge in [-0.1, -0.05) is 6.07 Å². The van der Waals surface area contributed by atoms with E-state index < -0.39 is 17.3 Å². The van der Waals surface area contributed by atoms with Crippen LogP contribution in [-0.4, -0.2) is 17.0 Å². The number of nitriles is 1. The van der Waals surface area contributed by atoms with Gasteiger partial charge in [0, 0.05) is 5.69 Å². The molecule has 1 aliphatic rings. The number of rotatable bonds is 3. The van der Waals surface area contributed by atoms with Crippen molar-refractivity contribution in [3.8, 4) is 6.07 Å². The minimum atomic E-state index is -1.26. The molecule has 0 unspecified atom stereocenters. The molecule has 0 radical (unpaired) electrons. The number of hydrogen-bond acceptors (Lipinski definition) is 3. The fourth-order valence-electron chi connectivity index (χ4n) is 1.58. The van der Waals surface area contributed by atoms with Gasteiger partial charge >= 0.3 is 5.97 Å². The van der Waals surface area contributed by atoms with E-state index in [9.17, 15) is 9.59 Å². The van der Waals surface area contributed by atoms with Gasteiger partial charge in [-0.2, -0.15) is 5.26 Å². The lowest BCUT2D eigenvalue weighted by molar-refractivity contribution is -0.147. The maximum Gasteiger partial charge on any atom is 0.319 e. The third-order valence-corrected chi connectivity index (χ3v) is 2.84. The molecule has 0 heterocycles. The zero-order chi connectivity index (χ0) is 12.5. The van der Waals surface area contributed by atoms with Crippen molar-refractivity contribution in [2.24, 2.45) is 5.41 Å². The molecule has 0 aromatic heterocycles. The normalized spacial score (nSPS) is 15.7. The van der Waals surface area contributed by atoms with Crippen LogP contribution in [0, 0.1) is 16.7 Å². The number of nitrogens with one attached hydrogen (secondary N) is 1. The van der Waals surface area contributed by atoms with Crippen molar-refractivity contribution in [2.75, 3.05) is 5.32 Å². The summed E-state index contributed by atoms with van der Waals surface area (Å²) < 4.78 is 0. The van der Waals surface area contributed by atoms with Gasteiger partial charge in [0.25, 0.3) is 0 Å². The van der Waals surface area contributed by atoms with Crippen LogP contribution in [0.1, 0.15) is 18.4 Å². The first kappa shape index (κ1) is 11.1. The van der Waals surface area contributed by atoms with Crippen molar-refractivity contribution in [3.05, 3.63) is 29.8 Å². The number of anilines is 1. The Bertz CT molecular complexity index is 527. The molecule has 0 bridgehead atoms. The van der Waals surface area contributed by atoms with Gasteiger partial charge in [0.05, 0.1) is 11.6 Å². The number of hydrogen-bond donors (Lipinski definition) is 2. The maximum absolute atomic E-state index is 11.8. The highest BCUT2D eigenvalue weighted by atomic mass is 16.4. The molecule has 5 heteroatoms. The third kappa shape index (κ3) is 1.97. The van der Waals surface area contributed by atoms with E-state index in [0.29, 0.717) is 24.1 Å². The molecule has 0 atom stereocenters. The Hall–Kier alpha value is -2.35. The zero-order valence-corrected chi connectivity index (χ0v) is 8.93. The van der Waals surface area contributed by atoms with Gasteiger partial charge in [-0.05, 0) is 31.0 Å². The molecule has 86 valence electrons. The van der Waals surface area contributed by atoms with Crippen LogP contribution in [0.2, 0.25) is 0 Å². The van der Waals surface area contributed by atoms with Crippen molar-refractivity contribution >= 4 is 17.6 Å². The summed E-state index contributed by atoms with van der Waals surface area (Å²) in [6.07, 6.45) is 0.734. The summed E-state index contributed by atoms with van der Waals surface area (Å²) in [6, 6.07) is 8.33. The fourth-order valence-corrected chi connectivity index (χ4v) is 1.58. The van der Waals surface area contributed by atoms with E-state index in [-0.39, 0.29) is 0 Å². The van der Waals surface area contributed by atoms with Crippen molar-refractivity contribution < 1.29 is 14.7 Å². The summed E-state index contributed by atoms with van der Waals surface area (Å²) in [4.78, 5) is 22.7. The molecular weight excluding hydrogens is 220 g/mol. The molecule has 5 nitrogen and oxygen atoms in total. The van der Waals surface area contributed by atoms with Crippen LogP contribution in [0.15, 0.2) is 24.3 Å². The van der Waals surface area contributed by atoms with Crippen molar-refractivity contribution in [1.29, 1.82) is 5.26 Å². The van der Waals surface area contributed by atoms with Crippen LogP contribution in [0.4, 0.5) is 5.69 Å². The number of carbonyl (C=O) groups is 2. The Labute approximate surface area is 97.7 Å². The van der Waals surface area contributed by atoms with Gasteiger partial charge < -0.3 is 10.4 Å². The van der Waals surface area contributed by atoms with Crippen molar-refractivity contribution in [2.45, 2.75) is 12.8 Å². The second kappa shape index (κ2) is 3.91. The number of carbonyl (C=O) groups excluding carboxylic acids is 1. The molecular formula is C12H10N2O3. The van der Waals surface area contributed by atoms with E-state index in [0.717, 1.165) is 0 Å². The highest BCUT2D eigenvalue weighted by molar-refractivity contribution is 6.10. The summed E-state index contributed by atoms with van der Waals surface area (Å²) in [5, 5.41) is 20.2. The first-order valence-electron chi connectivity index (χ1n) is 5.13. The molecule has 1 aromatic carbocycles. The lowest BCUT2D eigenvalue weighted by Gasteiger charge is -2.10. The predicted octanol–water partition coefficient (Wildman–Crippen LogP) is 1.36. The third-order valence-electron chi connectivity index (χ3n) is 2.84. The molecule has 0 spiro atoms. The van der Waals surface area contributed by atoms with Crippen molar-refractivity contribution in [3.63, 3.8) is 0 Å². The zero-order valence-electron chi connectivity index (χ0n) is 8.93. The minimum absolute atomic E-state index is 0.367. The summed E-state index contributed by atoms with van der Waals surface area (Å²) in [7, 11) is 0. The molecule has 17 heavy (non-hydrogen) atoms. The van der Waals surface area contributed by atoms with Crippen LogP contribution >= 0.6 is 0 Å². The van der Waals surface area contributed by atoms with Crippen LogP contribution in [0.3, 0.4) is 0 Å². The van der Waals surface area contributed by atoms with Crippen LogP contribution in [-0.2, 0) is 9.59 Å². The second-order valence-corrected chi connectivity index (χ2v) is 4.03. The Morgan fingerprint density at radius 2 is 2.12 bits per heavy atom. The monoisotopic (exact) mass is 230 g/mol. The highest BCUT2D eigenvalue weighted by Crippen LogP contribution is 2.46. The summed E-state index contributed by atoms with van der Waals surface area (Å²) >= 11 is 0. The second-order valence-electron chi connectivity index (χ2n) is 4.03. The smallest absolute Gasteiger partial charge is 0.319 e. The van der Waals surface area contributed by atoms with E-state index in [2.05, 4.69) is 5.32 Å². The first-order chi connectivity index (χ1) is 8.08. The maximum atomic E-state index is 11.8. The van der Waals surface area contributed by atoms with Gasteiger partial charge in [-0.3, -0.25) is 9.59 Å². The van der Waals surface area contributed by atoms with Gasteiger partial charge in [0.2, 0.25) is 5.91 Å². The van der Waals surface area contributed by atoms with E-state index >= 15 is 0 Å². The van der Waals surface area contributed by atoms with E-state index in [4.69, 9.17) is 10.4 Å². The molecule has 1 amide bonds. The summed E-state index contributed by atoms with van der Waals surface area (Å²) in [6.45, 7) is 0.